The van der Waals surface area contributed by atoms with Gasteiger partial charge in [0.25, 0.3) is 0 Å². The Bertz CT molecular complexity index is 520. The minimum absolute atomic E-state index is 0.463. The van der Waals surface area contributed by atoms with Crippen LogP contribution in [0.1, 0.15) is 10.4 Å². The quantitative estimate of drug-likeness (QED) is 0.728. The molecule has 0 unspecified atom stereocenters. The maximum atomic E-state index is 8.71. The lowest BCUT2D eigenvalue weighted by Crippen LogP contribution is -1.81. The van der Waals surface area contributed by atoms with Crippen molar-refractivity contribution in [3.05, 3.63) is 28.6 Å². The van der Waals surface area contributed by atoms with Gasteiger partial charge in [0.15, 0.2) is 0 Å². The number of hydrogen-bond donors (Lipinski definition) is 1. The number of hydrogen-bond acceptors (Lipinski definition) is 3. The topological polar surface area (TPSA) is 23.8 Å². The van der Waals surface area contributed by atoms with E-state index in [0.717, 1.165) is 10.5 Å². The van der Waals surface area contributed by atoms with Gasteiger partial charge in [-0.3, -0.25) is 0 Å². The van der Waals surface area contributed by atoms with Crippen molar-refractivity contribution in [1.82, 2.24) is 0 Å². The molecule has 0 aliphatic rings. The molecule has 0 spiro atoms. The van der Waals surface area contributed by atoms with Crippen molar-refractivity contribution < 1.29 is 0 Å². The third-order valence-corrected chi connectivity index (χ3v) is 3.47. The van der Waals surface area contributed by atoms with Crippen LogP contribution in [0.2, 0.25) is 0 Å². The van der Waals surface area contributed by atoms with Gasteiger partial charge in [-0.25, -0.2) is 0 Å². The van der Waals surface area contributed by atoms with Crippen LogP contribution in [0.25, 0.3) is 10.1 Å². The number of benzene rings is 1. The first kappa shape index (κ1) is 9.57. The summed E-state index contributed by atoms with van der Waals surface area (Å²) in [5, 5.41) is 9.91. The molecule has 1 aromatic heterocycles. The van der Waals surface area contributed by atoms with Crippen LogP contribution in [0.4, 0.5) is 0 Å². The lowest BCUT2D eigenvalue weighted by Gasteiger charge is -1.99. The summed E-state index contributed by atoms with van der Waals surface area (Å²) in [4.78, 5) is 2.21. The lowest BCUT2D eigenvalue weighted by atomic mass is 10.1. The fourth-order valence-corrected chi connectivity index (χ4v) is 2.85. The van der Waals surface area contributed by atoms with E-state index in [9.17, 15) is 0 Å². The Morgan fingerprint density at radius 3 is 2.93 bits per heavy atom. The second kappa shape index (κ2) is 3.64. The van der Waals surface area contributed by atoms with Crippen molar-refractivity contribution in [3.63, 3.8) is 0 Å². The van der Waals surface area contributed by atoms with Crippen molar-refractivity contribution in [2.24, 2.45) is 0 Å². The maximum Gasteiger partial charge on any atom is 0.0670 e. The Morgan fingerprint density at radius 2 is 2.21 bits per heavy atom. The number of fused-ring (bicyclic) bond motifs is 1. The van der Waals surface area contributed by atoms with Gasteiger partial charge in [-0.2, -0.15) is 5.26 Å². The monoisotopic (exact) mass is 219 g/mol. The number of thiol groups is 1. The Morgan fingerprint density at radius 1 is 1.43 bits per heavy atom. The second-order valence-electron chi connectivity index (χ2n) is 3.22. The average Bonchev–Trinajstić information content (AvgIpc) is 2.45. The number of thiophene rings is 1. The van der Waals surface area contributed by atoms with E-state index in [1.54, 1.807) is 11.3 Å². The van der Waals surface area contributed by atoms with E-state index in [4.69, 9.17) is 5.26 Å². The zero-order valence-electron chi connectivity index (χ0n) is 7.74. The largest absolute Gasteiger partial charge is 0.198 e. The Balaban J connectivity index is 2.74. The van der Waals surface area contributed by atoms with Crippen molar-refractivity contribution in [2.45, 2.75) is 18.2 Å². The zero-order chi connectivity index (χ0) is 10.1. The van der Waals surface area contributed by atoms with Crippen LogP contribution in [-0.2, 0) is 6.42 Å². The van der Waals surface area contributed by atoms with Crippen LogP contribution >= 0.6 is 24.0 Å². The first-order valence-electron chi connectivity index (χ1n) is 4.29. The standard InChI is InChI=1S/C11H9NS2/c1-7-4-9-6-10(13)5-8(2-3-12)11(9)14-7/h4-6,13H,2H2,1H3. The average molecular weight is 219 g/mol. The summed E-state index contributed by atoms with van der Waals surface area (Å²) in [5.41, 5.74) is 1.09. The highest BCUT2D eigenvalue weighted by atomic mass is 32.1. The summed E-state index contributed by atoms with van der Waals surface area (Å²) < 4.78 is 1.22. The van der Waals surface area contributed by atoms with Gasteiger partial charge in [-0.05, 0) is 36.1 Å². The Labute approximate surface area is 92.4 Å². The van der Waals surface area contributed by atoms with Crippen LogP contribution in [-0.4, -0.2) is 0 Å². The number of rotatable bonds is 1. The van der Waals surface area contributed by atoms with Gasteiger partial charge in [-0.1, -0.05) is 0 Å². The van der Waals surface area contributed by atoms with Crippen molar-refractivity contribution >= 4 is 34.1 Å². The molecule has 3 heteroatoms. The lowest BCUT2D eigenvalue weighted by molar-refractivity contribution is 1.27. The maximum absolute atomic E-state index is 8.71. The molecule has 0 N–H and O–H groups in total. The first-order valence-corrected chi connectivity index (χ1v) is 5.56. The van der Waals surface area contributed by atoms with E-state index in [1.807, 2.05) is 12.1 Å². The van der Waals surface area contributed by atoms with Gasteiger partial charge in [0, 0.05) is 14.5 Å². The fourth-order valence-electron chi connectivity index (χ4n) is 1.55. The van der Waals surface area contributed by atoms with Crippen LogP contribution in [0.5, 0.6) is 0 Å². The molecule has 1 nitrogen and oxygen atoms in total. The third kappa shape index (κ3) is 1.63. The fraction of sp³-hybridized carbons (Fsp3) is 0.182. The Kier molecular flexibility index (Phi) is 2.49. The molecule has 0 aliphatic carbocycles. The highest BCUT2D eigenvalue weighted by Crippen LogP contribution is 2.30. The van der Waals surface area contributed by atoms with Gasteiger partial charge in [-0.15, -0.1) is 24.0 Å². The van der Waals surface area contributed by atoms with Crippen LogP contribution < -0.4 is 0 Å². The van der Waals surface area contributed by atoms with E-state index in [2.05, 4.69) is 31.7 Å². The van der Waals surface area contributed by atoms with E-state index < -0.39 is 0 Å². The molecule has 0 atom stereocenters. The second-order valence-corrected chi connectivity index (χ2v) is 4.99. The molecule has 0 saturated heterocycles. The molecule has 1 heterocycles. The van der Waals surface area contributed by atoms with Gasteiger partial charge < -0.3 is 0 Å². The predicted molar refractivity (Wildman–Crippen MR) is 63.1 cm³/mol. The highest BCUT2D eigenvalue weighted by molar-refractivity contribution is 7.80. The van der Waals surface area contributed by atoms with E-state index >= 15 is 0 Å². The molecule has 0 amide bonds. The Hall–Kier alpha value is -0.980. The van der Waals surface area contributed by atoms with Crippen molar-refractivity contribution in [3.8, 4) is 6.07 Å². The third-order valence-electron chi connectivity index (χ3n) is 2.07. The molecular weight excluding hydrogens is 210 g/mol. The summed E-state index contributed by atoms with van der Waals surface area (Å²) in [5.74, 6) is 0. The molecule has 0 radical (unpaired) electrons. The van der Waals surface area contributed by atoms with Crippen LogP contribution in [0.15, 0.2) is 23.1 Å². The smallest absolute Gasteiger partial charge is 0.0670 e. The number of nitriles is 1. The number of nitrogens with zero attached hydrogens (tertiary/aromatic N) is 1. The van der Waals surface area contributed by atoms with Gasteiger partial charge in [0.05, 0.1) is 12.5 Å². The zero-order valence-corrected chi connectivity index (χ0v) is 9.45. The van der Waals surface area contributed by atoms with Crippen LogP contribution in [0, 0.1) is 18.3 Å². The minimum Gasteiger partial charge on any atom is -0.198 e. The molecule has 0 bridgehead atoms. The summed E-state index contributed by atoms with van der Waals surface area (Å²) in [6, 6.07) is 8.35. The molecular formula is C11H9NS2. The van der Waals surface area contributed by atoms with E-state index in [1.165, 1.54) is 15.0 Å². The summed E-state index contributed by atoms with van der Waals surface area (Å²) in [7, 11) is 0. The first-order chi connectivity index (χ1) is 6.70. The molecule has 0 saturated carbocycles. The minimum atomic E-state index is 0.463. The van der Waals surface area contributed by atoms with Crippen LogP contribution in [0.3, 0.4) is 0 Å². The summed E-state index contributed by atoms with van der Waals surface area (Å²) in [6.07, 6.45) is 0.463. The highest BCUT2D eigenvalue weighted by Gasteiger charge is 2.05. The molecule has 2 rings (SSSR count). The van der Waals surface area contributed by atoms with Gasteiger partial charge in [0.2, 0.25) is 0 Å². The predicted octanol–water partition coefficient (Wildman–Crippen LogP) is 3.56. The van der Waals surface area contributed by atoms with Gasteiger partial charge in [0.1, 0.15) is 0 Å². The summed E-state index contributed by atoms with van der Waals surface area (Å²) >= 11 is 6.07. The molecule has 0 fully saturated rings. The normalized spacial score (nSPS) is 10.4. The molecule has 1 aromatic carbocycles. The molecule has 70 valence electrons. The van der Waals surface area contributed by atoms with E-state index in [0.29, 0.717) is 6.42 Å². The van der Waals surface area contributed by atoms with Crippen molar-refractivity contribution in [2.75, 3.05) is 0 Å². The molecule has 2 aromatic rings. The number of aryl methyl sites for hydroxylation is 1. The molecule has 0 aliphatic heterocycles. The summed E-state index contributed by atoms with van der Waals surface area (Å²) in [6.45, 7) is 2.08. The van der Waals surface area contributed by atoms with Gasteiger partial charge >= 0.3 is 0 Å². The van der Waals surface area contributed by atoms with Crippen molar-refractivity contribution in [1.29, 1.82) is 5.26 Å². The molecule has 14 heavy (non-hydrogen) atoms. The van der Waals surface area contributed by atoms with E-state index in [-0.39, 0.29) is 0 Å². The SMILES string of the molecule is Cc1cc2cc(S)cc(CC#N)c2s1.